The van der Waals surface area contributed by atoms with E-state index in [1.54, 1.807) is 0 Å². The van der Waals surface area contributed by atoms with Gasteiger partial charge in [-0.1, -0.05) is 60.7 Å². The molecule has 2 bridgehead atoms. The Bertz CT molecular complexity index is 700. The first-order valence-electron chi connectivity index (χ1n) is 8.18. The van der Waals surface area contributed by atoms with Gasteiger partial charge in [-0.15, -0.1) is 12.4 Å². The first kappa shape index (κ1) is 16.3. The third-order valence-corrected chi connectivity index (χ3v) is 5.63. The number of allylic oxidation sites excluding steroid dienone is 1. The van der Waals surface area contributed by atoms with Crippen LogP contribution in [0.3, 0.4) is 0 Å². The highest BCUT2D eigenvalue weighted by Gasteiger charge is 2.50. The molecule has 4 rings (SSSR count). The second kappa shape index (κ2) is 5.81. The highest BCUT2D eigenvalue weighted by Crippen LogP contribution is 2.60. The van der Waals surface area contributed by atoms with Crippen molar-refractivity contribution in [3.8, 4) is 0 Å². The van der Waals surface area contributed by atoms with Gasteiger partial charge in [0.1, 0.15) is 0 Å². The largest absolute Gasteiger partial charge is 0.303 e. The van der Waals surface area contributed by atoms with E-state index in [0.717, 1.165) is 0 Å². The maximum Gasteiger partial charge on any atom is 0.0397 e. The minimum absolute atomic E-state index is 0. The van der Waals surface area contributed by atoms with Gasteiger partial charge < -0.3 is 4.90 Å². The van der Waals surface area contributed by atoms with E-state index >= 15 is 0 Å². The van der Waals surface area contributed by atoms with Crippen molar-refractivity contribution in [1.29, 1.82) is 0 Å². The molecule has 0 saturated carbocycles. The summed E-state index contributed by atoms with van der Waals surface area (Å²) < 4.78 is 0. The maximum atomic E-state index is 2.47. The van der Waals surface area contributed by atoms with Crippen molar-refractivity contribution in [2.45, 2.75) is 30.7 Å². The van der Waals surface area contributed by atoms with Crippen molar-refractivity contribution < 1.29 is 0 Å². The van der Waals surface area contributed by atoms with E-state index in [-0.39, 0.29) is 17.8 Å². The summed E-state index contributed by atoms with van der Waals surface area (Å²) in [6.45, 7) is 2.26. The number of hydrogen-bond donors (Lipinski definition) is 0. The predicted octanol–water partition coefficient (Wildman–Crippen LogP) is 4.75. The van der Waals surface area contributed by atoms with Crippen LogP contribution < -0.4 is 0 Å². The topological polar surface area (TPSA) is 3.24 Å². The molecule has 0 aromatic heterocycles. The molecule has 0 radical (unpaired) electrons. The summed E-state index contributed by atoms with van der Waals surface area (Å²) in [5.41, 5.74) is 6.18. The molecular weight excluding hydrogens is 302 g/mol. The van der Waals surface area contributed by atoms with E-state index in [4.69, 9.17) is 0 Å². The number of hydrogen-bond acceptors (Lipinski definition) is 1. The molecular formula is C21H24ClN. The molecule has 0 amide bonds. The molecule has 0 N–H and O–H groups in total. The lowest BCUT2D eigenvalue weighted by atomic mass is 9.75. The lowest BCUT2D eigenvalue weighted by molar-refractivity contribution is 0.362. The fourth-order valence-corrected chi connectivity index (χ4v) is 4.21. The molecule has 1 atom stereocenters. The van der Waals surface area contributed by atoms with Crippen LogP contribution in [0, 0.1) is 0 Å². The van der Waals surface area contributed by atoms with Gasteiger partial charge in [-0.05, 0) is 49.7 Å². The average Bonchev–Trinajstić information content (AvgIpc) is 3.05. The molecule has 1 unspecified atom stereocenters. The van der Waals surface area contributed by atoms with Gasteiger partial charge in [-0.25, -0.2) is 0 Å². The van der Waals surface area contributed by atoms with E-state index < -0.39 is 0 Å². The molecule has 23 heavy (non-hydrogen) atoms. The van der Waals surface area contributed by atoms with E-state index in [0.29, 0.717) is 12.0 Å². The summed E-state index contributed by atoms with van der Waals surface area (Å²) in [5, 5.41) is 0. The van der Waals surface area contributed by atoms with E-state index in [9.17, 15) is 0 Å². The van der Waals surface area contributed by atoms with Crippen LogP contribution in [0.15, 0.2) is 60.7 Å². The normalized spacial score (nSPS) is 25.3. The monoisotopic (exact) mass is 325 g/mol. The molecule has 0 spiro atoms. The van der Waals surface area contributed by atoms with Gasteiger partial charge in [0.05, 0.1) is 0 Å². The Balaban J connectivity index is 0.00000156. The Morgan fingerprint density at radius 3 is 2.04 bits per heavy atom. The zero-order chi connectivity index (χ0) is 15.3. The molecule has 0 heterocycles. The number of halogens is 1. The van der Waals surface area contributed by atoms with Gasteiger partial charge in [0.25, 0.3) is 0 Å². The SMILES string of the molecule is CC(C=CC12CC(c3ccccc31)c1ccccc12)N(C)C.Cl. The third-order valence-electron chi connectivity index (χ3n) is 5.63. The van der Waals surface area contributed by atoms with Crippen LogP contribution in [0.5, 0.6) is 0 Å². The van der Waals surface area contributed by atoms with Gasteiger partial charge in [0.2, 0.25) is 0 Å². The minimum Gasteiger partial charge on any atom is -0.303 e. The number of rotatable bonds is 3. The smallest absolute Gasteiger partial charge is 0.0397 e. The Kier molecular flexibility index (Phi) is 4.12. The lowest BCUT2D eigenvalue weighted by Gasteiger charge is -2.29. The van der Waals surface area contributed by atoms with Crippen LogP contribution in [0.2, 0.25) is 0 Å². The fourth-order valence-electron chi connectivity index (χ4n) is 4.21. The quantitative estimate of drug-likeness (QED) is 0.736. The molecule has 2 aliphatic rings. The zero-order valence-electron chi connectivity index (χ0n) is 14.0. The molecule has 0 aliphatic heterocycles. The zero-order valence-corrected chi connectivity index (χ0v) is 14.8. The Labute approximate surface area is 145 Å². The van der Waals surface area contributed by atoms with Crippen LogP contribution in [0.4, 0.5) is 0 Å². The van der Waals surface area contributed by atoms with Gasteiger partial charge in [-0.3, -0.25) is 0 Å². The molecule has 0 fully saturated rings. The summed E-state index contributed by atoms with van der Waals surface area (Å²) >= 11 is 0. The van der Waals surface area contributed by atoms with Crippen molar-refractivity contribution in [2.24, 2.45) is 0 Å². The van der Waals surface area contributed by atoms with Crippen molar-refractivity contribution in [2.75, 3.05) is 14.1 Å². The number of likely N-dealkylation sites (N-methyl/N-ethyl adjacent to an activating group) is 1. The summed E-state index contributed by atoms with van der Waals surface area (Å²) in [6.07, 6.45) is 6.05. The molecule has 2 heteroatoms. The van der Waals surface area contributed by atoms with Crippen molar-refractivity contribution in [1.82, 2.24) is 4.90 Å². The van der Waals surface area contributed by atoms with Crippen molar-refractivity contribution in [3.63, 3.8) is 0 Å². The lowest BCUT2D eigenvalue weighted by Crippen LogP contribution is -2.25. The predicted molar refractivity (Wildman–Crippen MR) is 99.7 cm³/mol. The van der Waals surface area contributed by atoms with Gasteiger partial charge in [0.15, 0.2) is 0 Å². The number of fused-ring (bicyclic) bond motifs is 8. The van der Waals surface area contributed by atoms with Gasteiger partial charge >= 0.3 is 0 Å². The number of nitrogens with zero attached hydrogens (tertiary/aromatic N) is 1. The number of benzene rings is 2. The molecule has 120 valence electrons. The molecule has 1 nitrogen and oxygen atoms in total. The average molecular weight is 326 g/mol. The highest BCUT2D eigenvalue weighted by molar-refractivity contribution is 5.85. The standard InChI is InChI=1S/C21H23N.ClH/c1-15(22(2)3)12-13-21-14-18(16-8-4-6-10-19(16)21)17-9-5-7-11-20(17)21;/h4-13,15,18H,14H2,1-3H3;1H. The third kappa shape index (κ3) is 2.26. The molecule has 2 aromatic carbocycles. The van der Waals surface area contributed by atoms with E-state index in [2.05, 4.69) is 86.6 Å². The Morgan fingerprint density at radius 2 is 1.52 bits per heavy atom. The second-order valence-electron chi connectivity index (χ2n) is 6.97. The maximum absolute atomic E-state index is 2.47. The molecule has 2 aromatic rings. The first-order chi connectivity index (χ1) is 10.6. The van der Waals surface area contributed by atoms with Crippen molar-refractivity contribution in [3.05, 3.63) is 82.9 Å². The molecule has 2 aliphatic carbocycles. The van der Waals surface area contributed by atoms with Crippen LogP contribution in [-0.4, -0.2) is 25.0 Å². The summed E-state index contributed by atoms with van der Waals surface area (Å²) in [6, 6.07) is 18.5. The Hall–Kier alpha value is -1.57. The minimum atomic E-state index is 0. The molecule has 0 saturated heterocycles. The fraction of sp³-hybridized carbons (Fsp3) is 0.333. The highest BCUT2D eigenvalue weighted by atomic mass is 35.5. The van der Waals surface area contributed by atoms with Crippen LogP contribution >= 0.6 is 12.4 Å². The van der Waals surface area contributed by atoms with Crippen molar-refractivity contribution >= 4 is 12.4 Å². The van der Waals surface area contributed by atoms with E-state index in [1.165, 1.54) is 28.7 Å². The summed E-state index contributed by atoms with van der Waals surface area (Å²) in [4.78, 5) is 2.26. The summed E-state index contributed by atoms with van der Waals surface area (Å²) in [5.74, 6) is 0.576. The van der Waals surface area contributed by atoms with Crippen LogP contribution in [-0.2, 0) is 5.41 Å². The summed E-state index contributed by atoms with van der Waals surface area (Å²) in [7, 11) is 4.28. The van der Waals surface area contributed by atoms with Gasteiger partial charge in [0, 0.05) is 17.4 Å². The first-order valence-corrected chi connectivity index (χ1v) is 8.18. The van der Waals surface area contributed by atoms with E-state index in [1.807, 2.05) is 0 Å². The van der Waals surface area contributed by atoms with Gasteiger partial charge in [-0.2, -0.15) is 0 Å². The van der Waals surface area contributed by atoms with Crippen LogP contribution in [0.25, 0.3) is 0 Å². The second-order valence-corrected chi connectivity index (χ2v) is 6.97. The van der Waals surface area contributed by atoms with Crippen LogP contribution in [0.1, 0.15) is 41.5 Å². The Morgan fingerprint density at radius 1 is 1.00 bits per heavy atom.